The monoisotopic (exact) mass is 260 g/mol. The SMILES string of the molecule is CCc1ccc(C(=O)NC2CCC(N(C)C)C2)cc1. The highest BCUT2D eigenvalue weighted by Gasteiger charge is 2.27. The van der Waals surface area contributed by atoms with Crippen LogP contribution in [-0.4, -0.2) is 37.0 Å². The molecule has 1 N–H and O–H groups in total. The summed E-state index contributed by atoms with van der Waals surface area (Å²) in [5.74, 6) is 0.0621. The van der Waals surface area contributed by atoms with Crippen molar-refractivity contribution in [1.29, 1.82) is 0 Å². The molecule has 0 radical (unpaired) electrons. The van der Waals surface area contributed by atoms with E-state index in [1.54, 1.807) is 0 Å². The molecule has 1 fully saturated rings. The van der Waals surface area contributed by atoms with E-state index in [-0.39, 0.29) is 5.91 Å². The van der Waals surface area contributed by atoms with Crippen molar-refractivity contribution in [2.24, 2.45) is 0 Å². The van der Waals surface area contributed by atoms with E-state index in [0.717, 1.165) is 24.8 Å². The Kier molecular flexibility index (Phi) is 4.59. The van der Waals surface area contributed by atoms with Gasteiger partial charge >= 0.3 is 0 Å². The van der Waals surface area contributed by atoms with Crippen molar-refractivity contribution in [3.8, 4) is 0 Å². The van der Waals surface area contributed by atoms with Crippen molar-refractivity contribution in [1.82, 2.24) is 10.2 Å². The molecule has 19 heavy (non-hydrogen) atoms. The number of nitrogens with one attached hydrogen (secondary N) is 1. The van der Waals surface area contributed by atoms with Crippen LogP contribution >= 0.6 is 0 Å². The fourth-order valence-electron chi connectivity index (χ4n) is 2.72. The van der Waals surface area contributed by atoms with Gasteiger partial charge in [-0.2, -0.15) is 0 Å². The lowest BCUT2D eigenvalue weighted by atomic mass is 10.1. The van der Waals surface area contributed by atoms with Crippen LogP contribution in [0.4, 0.5) is 0 Å². The molecule has 1 aliphatic rings. The van der Waals surface area contributed by atoms with Crippen molar-refractivity contribution >= 4 is 5.91 Å². The largest absolute Gasteiger partial charge is 0.349 e. The van der Waals surface area contributed by atoms with Crippen molar-refractivity contribution in [3.63, 3.8) is 0 Å². The van der Waals surface area contributed by atoms with Gasteiger partial charge in [0.25, 0.3) is 5.91 Å². The van der Waals surface area contributed by atoms with E-state index in [4.69, 9.17) is 0 Å². The smallest absolute Gasteiger partial charge is 0.251 e. The highest BCUT2D eigenvalue weighted by molar-refractivity contribution is 5.94. The third-order valence-corrected chi connectivity index (χ3v) is 4.09. The number of aryl methyl sites for hydroxylation is 1. The third kappa shape index (κ3) is 3.57. The van der Waals surface area contributed by atoms with Crippen molar-refractivity contribution in [2.75, 3.05) is 14.1 Å². The lowest BCUT2D eigenvalue weighted by molar-refractivity contribution is 0.0936. The zero-order chi connectivity index (χ0) is 13.8. The molecular weight excluding hydrogens is 236 g/mol. The number of carbonyl (C=O) groups is 1. The van der Waals surface area contributed by atoms with Crippen molar-refractivity contribution in [3.05, 3.63) is 35.4 Å². The lowest BCUT2D eigenvalue weighted by Crippen LogP contribution is -2.34. The van der Waals surface area contributed by atoms with Gasteiger partial charge < -0.3 is 10.2 Å². The molecule has 1 amide bonds. The predicted molar refractivity (Wildman–Crippen MR) is 78.4 cm³/mol. The van der Waals surface area contributed by atoms with Gasteiger partial charge in [-0.15, -0.1) is 0 Å². The van der Waals surface area contributed by atoms with Gasteiger partial charge in [0.15, 0.2) is 0 Å². The average Bonchev–Trinajstić information content (AvgIpc) is 2.87. The van der Waals surface area contributed by atoms with Crippen LogP contribution in [0.3, 0.4) is 0 Å². The molecule has 1 aliphatic carbocycles. The Hall–Kier alpha value is -1.35. The number of nitrogens with zero attached hydrogens (tertiary/aromatic N) is 1. The normalized spacial score (nSPS) is 22.7. The standard InChI is InChI=1S/C16H24N2O/c1-4-12-5-7-13(8-6-12)16(19)17-14-9-10-15(11-14)18(2)3/h5-8,14-15H,4,9-11H2,1-3H3,(H,17,19). The van der Waals surface area contributed by atoms with Crippen LogP contribution in [0.2, 0.25) is 0 Å². The van der Waals surface area contributed by atoms with E-state index in [0.29, 0.717) is 12.1 Å². The summed E-state index contributed by atoms with van der Waals surface area (Å²) in [5, 5.41) is 3.15. The summed E-state index contributed by atoms with van der Waals surface area (Å²) in [4.78, 5) is 14.4. The van der Waals surface area contributed by atoms with Gasteiger partial charge in [-0.05, 0) is 57.5 Å². The molecule has 0 saturated heterocycles. The van der Waals surface area contributed by atoms with Gasteiger partial charge in [0, 0.05) is 17.6 Å². The van der Waals surface area contributed by atoms with Crippen LogP contribution in [-0.2, 0) is 6.42 Å². The summed E-state index contributed by atoms with van der Waals surface area (Å²) in [6.45, 7) is 2.12. The summed E-state index contributed by atoms with van der Waals surface area (Å²) in [7, 11) is 4.22. The first-order valence-corrected chi connectivity index (χ1v) is 7.16. The van der Waals surface area contributed by atoms with E-state index in [9.17, 15) is 4.79 Å². The first kappa shape index (κ1) is 14.1. The molecule has 2 rings (SSSR count). The fourth-order valence-corrected chi connectivity index (χ4v) is 2.72. The maximum atomic E-state index is 12.2. The number of carbonyl (C=O) groups excluding carboxylic acids is 1. The summed E-state index contributed by atoms with van der Waals surface area (Å²) in [5.41, 5.74) is 2.04. The zero-order valence-corrected chi connectivity index (χ0v) is 12.1. The molecule has 1 aromatic carbocycles. The Morgan fingerprint density at radius 3 is 2.47 bits per heavy atom. The minimum Gasteiger partial charge on any atom is -0.349 e. The summed E-state index contributed by atoms with van der Waals surface area (Å²) in [6.07, 6.45) is 4.33. The van der Waals surface area contributed by atoms with Crippen LogP contribution in [0.5, 0.6) is 0 Å². The van der Waals surface area contributed by atoms with Gasteiger partial charge in [0.05, 0.1) is 0 Å². The topological polar surface area (TPSA) is 32.3 Å². The van der Waals surface area contributed by atoms with Gasteiger partial charge in [-0.1, -0.05) is 19.1 Å². The first-order valence-electron chi connectivity index (χ1n) is 7.16. The minimum atomic E-state index is 0.0621. The molecular formula is C16H24N2O. The van der Waals surface area contributed by atoms with Crippen LogP contribution in [0.15, 0.2) is 24.3 Å². The maximum Gasteiger partial charge on any atom is 0.251 e. The molecule has 104 valence electrons. The summed E-state index contributed by atoms with van der Waals surface area (Å²) >= 11 is 0. The molecule has 1 saturated carbocycles. The van der Waals surface area contributed by atoms with Gasteiger partial charge in [-0.25, -0.2) is 0 Å². The second-order valence-electron chi connectivity index (χ2n) is 5.65. The van der Waals surface area contributed by atoms with E-state index >= 15 is 0 Å². The number of rotatable bonds is 4. The highest BCUT2D eigenvalue weighted by atomic mass is 16.1. The maximum absolute atomic E-state index is 12.2. The number of hydrogen-bond acceptors (Lipinski definition) is 2. The second-order valence-corrected chi connectivity index (χ2v) is 5.65. The number of hydrogen-bond donors (Lipinski definition) is 1. The van der Waals surface area contributed by atoms with Crippen LogP contribution in [0.1, 0.15) is 42.1 Å². The predicted octanol–water partition coefficient (Wildman–Crippen LogP) is 2.46. The second kappa shape index (κ2) is 6.20. The molecule has 3 heteroatoms. The lowest BCUT2D eigenvalue weighted by Gasteiger charge is -2.19. The van der Waals surface area contributed by atoms with Crippen LogP contribution in [0.25, 0.3) is 0 Å². The molecule has 2 atom stereocenters. The van der Waals surface area contributed by atoms with E-state index in [2.05, 4.69) is 31.2 Å². The third-order valence-electron chi connectivity index (χ3n) is 4.09. The molecule has 1 aromatic rings. The Morgan fingerprint density at radius 1 is 1.26 bits per heavy atom. The van der Waals surface area contributed by atoms with Gasteiger partial charge in [0.2, 0.25) is 0 Å². The Bertz CT molecular complexity index is 425. The van der Waals surface area contributed by atoms with E-state index in [1.165, 1.54) is 12.0 Å². The first-order chi connectivity index (χ1) is 9.10. The molecule has 0 aliphatic heterocycles. The molecule has 0 heterocycles. The van der Waals surface area contributed by atoms with E-state index in [1.807, 2.05) is 24.3 Å². The molecule has 0 bridgehead atoms. The Balaban J connectivity index is 1.90. The summed E-state index contributed by atoms with van der Waals surface area (Å²) < 4.78 is 0. The minimum absolute atomic E-state index is 0.0621. The number of benzene rings is 1. The highest BCUT2D eigenvalue weighted by Crippen LogP contribution is 2.22. The molecule has 2 unspecified atom stereocenters. The Labute approximate surface area is 116 Å². The number of amides is 1. The van der Waals surface area contributed by atoms with Crippen molar-refractivity contribution in [2.45, 2.75) is 44.7 Å². The average molecular weight is 260 g/mol. The van der Waals surface area contributed by atoms with Crippen LogP contribution < -0.4 is 5.32 Å². The Morgan fingerprint density at radius 2 is 1.95 bits per heavy atom. The van der Waals surface area contributed by atoms with Crippen molar-refractivity contribution < 1.29 is 4.79 Å². The summed E-state index contributed by atoms with van der Waals surface area (Å²) in [6, 6.07) is 8.84. The zero-order valence-electron chi connectivity index (χ0n) is 12.1. The van der Waals surface area contributed by atoms with Crippen LogP contribution in [0, 0.1) is 0 Å². The van der Waals surface area contributed by atoms with Gasteiger partial charge in [-0.3, -0.25) is 4.79 Å². The fraction of sp³-hybridized carbons (Fsp3) is 0.562. The molecule has 3 nitrogen and oxygen atoms in total. The molecule has 0 spiro atoms. The molecule has 0 aromatic heterocycles. The quantitative estimate of drug-likeness (QED) is 0.902. The van der Waals surface area contributed by atoms with Gasteiger partial charge in [0.1, 0.15) is 0 Å². The van der Waals surface area contributed by atoms with E-state index < -0.39 is 0 Å².